The maximum Gasteiger partial charge on any atom is 0.326 e. The number of carbonyl (C=O) groups excluding carboxylic acids is 1. The number of carboxylic acid groups (broad SMARTS) is 1. The highest BCUT2D eigenvalue weighted by Gasteiger charge is 2.44. The van der Waals surface area contributed by atoms with E-state index in [4.69, 9.17) is 0 Å². The molecule has 1 unspecified atom stereocenters. The number of hydrogen-bond acceptors (Lipinski definition) is 3. The molecule has 0 spiro atoms. The van der Waals surface area contributed by atoms with E-state index in [2.05, 4.69) is 4.98 Å². The topological polar surface area (TPSA) is 70.5 Å². The van der Waals surface area contributed by atoms with E-state index < -0.39 is 17.4 Å². The summed E-state index contributed by atoms with van der Waals surface area (Å²) in [5.74, 6) is -1.25. The van der Waals surface area contributed by atoms with E-state index >= 15 is 0 Å². The molecule has 1 aromatic rings. The van der Waals surface area contributed by atoms with Gasteiger partial charge in [-0.1, -0.05) is 19.9 Å². The van der Waals surface area contributed by atoms with Crippen LogP contribution in [-0.4, -0.2) is 39.5 Å². The van der Waals surface area contributed by atoms with Crippen molar-refractivity contribution in [2.24, 2.45) is 5.41 Å². The van der Waals surface area contributed by atoms with Gasteiger partial charge in [-0.25, -0.2) is 9.78 Å². The fourth-order valence-corrected chi connectivity index (χ4v) is 2.89. The van der Waals surface area contributed by atoms with Crippen molar-refractivity contribution in [1.82, 2.24) is 9.88 Å². The molecule has 1 aromatic heterocycles. The van der Waals surface area contributed by atoms with Crippen LogP contribution in [0.5, 0.6) is 0 Å². The molecule has 1 N–H and O–H groups in total. The zero-order chi connectivity index (χ0) is 14.9. The molecule has 1 aliphatic rings. The van der Waals surface area contributed by atoms with Crippen molar-refractivity contribution in [3.8, 4) is 0 Å². The molecule has 1 fully saturated rings. The average Bonchev–Trinajstić information content (AvgIpc) is 2.35. The number of carboxylic acids is 1. The summed E-state index contributed by atoms with van der Waals surface area (Å²) >= 11 is 0. The highest BCUT2D eigenvalue weighted by atomic mass is 16.4. The molecule has 108 valence electrons. The van der Waals surface area contributed by atoms with Gasteiger partial charge in [-0.3, -0.25) is 4.79 Å². The van der Waals surface area contributed by atoms with Gasteiger partial charge < -0.3 is 10.0 Å². The number of nitrogens with zero attached hydrogens (tertiary/aromatic N) is 2. The van der Waals surface area contributed by atoms with Crippen molar-refractivity contribution in [3.63, 3.8) is 0 Å². The van der Waals surface area contributed by atoms with Crippen molar-refractivity contribution < 1.29 is 14.7 Å². The lowest BCUT2D eigenvalue weighted by Gasteiger charge is -2.43. The number of pyridine rings is 1. The average molecular weight is 276 g/mol. The monoisotopic (exact) mass is 276 g/mol. The lowest BCUT2D eigenvalue weighted by atomic mass is 9.76. The van der Waals surface area contributed by atoms with Gasteiger partial charge in [0.1, 0.15) is 11.7 Å². The van der Waals surface area contributed by atoms with Crippen molar-refractivity contribution >= 4 is 11.9 Å². The van der Waals surface area contributed by atoms with Crippen LogP contribution in [0.25, 0.3) is 0 Å². The van der Waals surface area contributed by atoms with Crippen LogP contribution >= 0.6 is 0 Å². The Hall–Kier alpha value is -1.91. The number of piperidine rings is 1. The van der Waals surface area contributed by atoms with Crippen LogP contribution in [0, 0.1) is 12.3 Å². The molecule has 0 saturated carbocycles. The summed E-state index contributed by atoms with van der Waals surface area (Å²) in [5.41, 5.74) is 0.636. The quantitative estimate of drug-likeness (QED) is 0.898. The van der Waals surface area contributed by atoms with Crippen LogP contribution in [0.1, 0.15) is 42.9 Å². The molecule has 0 aromatic carbocycles. The molecular weight excluding hydrogens is 256 g/mol. The van der Waals surface area contributed by atoms with Gasteiger partial charge in [-0.15, -0.1) is 0 Å². The van der Waals surface area contributed by atoms with Gasteiger partial charge in [0, 0.05) is 12.2 Å². The molecule has 0 aliphatic carbocycles. The Bertz CT molecular complexity index is 540. The molecule has 1 aliphatic heterocycles. The maximum atomic E-state index is 12.6. The Morgan fingerprint density at radius 3 is 2.70 bits per heavy atom. The highest BCUT2D eigenvalue weighted by Crippen LogP contribution is 2.35. The van der Waals surface area contributed by atoms with E-state index in [9.17, 15) is 14.7 Å². The molecule has 2 rings (SSSR count). The molecule has 1 saturated heterocycles. The molecule has 1 amide bonds. The molecule has 5 heteroatoms. The number of aliphatic carboxylic acids is 1. The number of aryl methyl sites for hydroxylation is 1. The van der Waals surface area contributed by atoms with Crippen molar-refractivity contribution in [3.05, 3.63) is 29.6 Å². The summed E-state index contributed by atoms with van der Waals surface area (Å²) in [6, 6.07) is 4.41. The first-order valence-electron chi connectivity index (χ1n) is 6.80. The molecule has 5 nitrogen and oxygen atoms in total. The van der Waals surface area contributed by atoms with Crippen molar-refractivity contribution in [1.29, 1.82) is 0 Å². The minimum absolute atomic E-state index is 0.297. The maximum absolute atomic E-state index is 12.6. The summed E-state index contributed by atoms with van der Waals surface area (Å²) in [7, 11) is 0. The predicted octanol–water partition coefficient (Wildman–Crippen LogP) is 2.11. The molecule has 0 radical (unpaired) electrons. The fraction of sp³-hybridized carbons (Fsp3) is 0.533. The standard InChI is InChI=1S/C15H20N2O3/c1-10-6-4-7-11(16-10)13(18)17-9-5-8-15(2,3)12(17)14(19)20/h4,6-7,12H,5,8-9H2,1-3H3,(H,19,20). The minimum Gasteiger partial charge on any atom is -0.480 e. The van der Waals surface area contributed by atoms with Gasteiger partial charge >= 0.3 is 5.97 Å². The third kappa shape index (κ3) is 2.66. The third-order valence-corrected chi connectivity index (χ3v) is 3.87. The van der Waals surface area contributed by atoms with Crippen LogP contribution in [0.4, 0.5) is 0 Å². The Balaban J connectivity index is 2.34. The second-order valence-corrected chi connectivity index (χ2v) is 6.00. The zero-order valence-corrected chi connectivity index (χ0v) is 12.1. The highest BCUT2D eigenvalue weighted by molar-refractivity contribution is 5.95. The van der Waals surface area contributed by atoms with Gasteiger partial charge in [0.05, 0.1) is 0 Å². The van der Waals surface area contributed by atoms with E-state index in [1.165, 1.54) is 4.90 Å². The zero-order valence-electron chi connectivity index (χ0n) is 12.1. The Kier molecular flexibility index (Phi) is 3.79. The molecule has 0 bridgehead atoms. The number of rotatable bonds is 2. The molecular formula is C15H20N2O3. The Morgan fingerprint density at radius 1 is 1.40 bits per heavy atom. The first-order valence-corrected chi connectivity index (χ1v) is 6.80. The van der Waals surface area contributed by atoms with Crippen LogP contribution in [0.15, 0.2) is 18.2 Å². The van der Waals surface area contributed by atoms with Crippen LogP contribution in [-0.2, 0) is 4.79 Å². The van der Waals surface area contributed by atoms with E-state index in [1.54, 1.807) is 12.1 Å². The smallest absolute Gasteiger partial charge is 0.326 e. The first kappa shape index (κ1) is 14.5. The molecule has 20 heavy (non-hydrogen) atoms. The summed E-state index contributed by atoms with van der Waals surface area (Å²) < 4.78 is 0. The molecule has 1 atom stereocenters. The fourth-order valence-electron chi connectivity index (χ4n) is 2.89. The van der Waals surface area contributed by atoms with Crippen molar-refractivity contribution in [2.75, 3.05) is 6.54 Å². The van der Waals surface area contributed by atoms with Gasteiger partial charge in [0.2, 0.25) is 0 Å². The lowest BCUT2D eigenvalue weighted by Crippen LogP contribution is -2.56. The third-order valence-electron chi connectivity index (χ3n) is 3.87. The second-order valence-electron chi connectivity index (χ2n) is 6.00. The van der Waals surface area contributed by atoms with Crippen LogP contribution < -0.4 is 0 Å². The van der Waals surface area contributed by atoms with Gasteiger partial charge in [-0.05, 0) is 37.3 Å². The summed E-state index contributed by atoms with van der Waals surface area (Å²) in [6.45, 7) is 6.07. The number of carbonyl (C=O) groups is 2. The lowest BCUT2D eigenvalue weighted by molar-refractivity contribution is -0.148. The van der Waals surface area contributed by atoms with E-state index in [1.807, 2.05) is 26.8 Å². The number of likely N-dealkylation sites (tertiary alicyclic amines) is 1. The Morgan fingerprint density at radius 2 is 2.10 bits per heavy atom. The van der Waals surface area contributed by atoms with Crippen LogP contribution in [0.3, 0.4) is 0 Å². The van der Waals surface area contributed by atoms with E-state index in [0.717, 1.165) is 18.5 Å². The first-order chi connectivity index (χ1) is 9.33. The van der Waals surface area contributed by atoms with E-state index in [0.29, 0.717) is 12.2 Å². The normalized spacial score (nSPS) is 21.6. The summed E-state index contributed by atoms with van der Waals surface area (Å²) in [6.07, 6.45) is 1.61. The summed E-state index contributed by atoms with van der Waals surface area (Å²) in [4.78, 5) is 29.8. The second kappa shape index (κ2) is 5.23. The number of amides is 1. The minimum atomic E-state index is -0.948. The summed E-state index contributed by atoms with van der Waals surface area (Å²) in [5, 5.41) is 9.48. The van der Waals surface area contributed by atoms with Gasteiger partial charge in [0.15, 0.2) is 0 Å². The Labute approximate surface area is 118 Å². The van der Waals surface area contributed by atoms with Crippen LogP contribution in [0.2, 0.25) is 0 Å². The van der Waals surface area contributed by atoms with Crippen molar-refractivity contribution in [2.45, 2.75) is 39.7 Å². The SMILES string of the molecule is Cc1cccc(C(=O)N2CCCC(C)(C)C2C(=O)O)n1. The van der Waals surface area contributed by atoms with E-state index in [-0.39, 0.29) is 5.91 Å². The molecule has 2 heterocycles. The largest absolute Gasteiger partial charge is 0.480 e. The number of hydrogen-bond donors (Lipinski definition) is 1. The predicted molar refractivity (Wildman–Crippen MR) is 74.4 cm³/mol. The number of aromatic nitrogens is 1. The van der Waals surface area contributed by atoms with Gasteiger partial charge in [0.25, 0.3) is 5.91 Å². The van der Waals surface area contributed by atoms with Gasteiger partial charge in [-0.2, -0.15) is 0 Å².